The van der Waals surface area contributed by atoms with Gasteiger partial charge in [-0.15, -0.1) is 0 Å². The van der Waals surface area contributed by atoms with Crippen LogP contribution in [0.1, 0.15) is 55.1 Å². The number of amides is 4. The molecular formula is C37H42N4O8. The van der Waals surface area contributed by atoms with Crippen molar-refractivity contribution in [3.05, 3.63) is 108 Å². The average Bonchev–Trinajstić information content (AvgIpc) is 3.58. The van der Waals surface area contributed by atoms with Crippen molar-refractivity contribution in [2.24, 2.45) is 0 Å². The van der Waals surface area contributed by atoms with E-state index in [1.54, 1.807) is 75.4 Å². The Bertz CT molecular complexity index is 1610. The summed E-state index contributed by atoms with van der Waals surface area (Å²) in [4.78, 5) is 79.9. The number of nitrogens with zero attached hydrogens (tertiary/aromatic N) is 1. The molecule has 0 bridgehead atoms. The molecule has 4 amide bonds. The second-order valence-corrected chi connectivity index (χ2v) is 12.7. The molecule has 3 aromatic rings. The number of nitrogens with one attached hydrogen (secondary N) is 3. The molecule has 1 aliphatic rings. The molecule has 0 saturated carbocycles. The van der Waals surface area contributed by atoms with Gasteiger partial charge in [-0.2, -0.15) is 0 Å². The van der Waals surface area contributed by atoms with E-state index in [2.05, 4.69) is 16.0 Å². The third-order valence-electron chi connectivity index (χ3n) is 7.64. The molecule has 12 nitrogen and oxygen atoms in total. The minimum absolute atomic E-state index is 0.0669. The fraction of sp³-hybridized carbons (Fsp3) is 0.351. The maximum atomic E-state index is 13.9. The summed E-state index contributed by atoms with van der Waals surface area (Å²) in [5.74, 6) is -3.70. The molecule has 0 aliphatic carbocycles. The molecule has 0 unspecified atom stereocenters. The molecule has 1 aliphatic heterocycles. The Hall–Kier alpha value is -5.52. The molecule has 3 N–H and O–H groups in total. The van der Waals surface area contributed by atoms with E-state index in [4.69, 9.17) is 9.47 Å². The molecule has 258 valence electrons. The summed E-state index contributed by atoms with van der Waals surface area (Å²) in [5.41, 5.74) is 0.911. The van der Waals surface area contributed by atoms with Crippen LogP contribution in [-0.4, -0.2) is 77.5 Å². The summed E-state index contributed by atoms with van der Waals surface area (Å²) < 4.78 is 10.4. The predicted molar refractivity (Wildman–Crippen MR) is 180 cm³/mol. The molecule has 0 spiro atoms. The second kappa shape index (κ2) is 17.0. The fourth-order valence-corrected chi connectivity index (χ4v) is 5.29. The van der Waals surface area contributed by atoms with E-state index in [1.807, 2.05) is 24.3 Å². The number of carbonyl (C=O) groups excluding carboxylic acids is 6. The number of hydrogen-bond donors (Lipinski definition) is 3. The van der Waals surface area contributed by atoms with Crippen molar-refractivity contribution in [3.63, 3.8) is 0 Å². The Morgan fingerprint density at radius 2 is 1.29 bits per heavy atom. The van der Waals surface area contributed by atoms with E-state index in [-0.39, 0.29) is 18.4 Å². The lowest BCUT2D eigenvalue weighted by Crippen LogP contribution is -2.57. The van der Waals surface area contributed by atoms with Gasteiger partial charge in [0, 0.05) is 19.4 Å². The van der Waals surface area contributed by atoms with Gasteiger partial charge in [0.15, 0.2) is 0 Å². The van der Waals surface area contributed by atoms with Crippen LogP contribution < -0.4 is 16.0 Å². The summed E-state index contributed by atoms with van der Waals surface area (Å²) in [6, 6.07) is 22.8. The van der Waals surface area contributed by atoms with E-state index in [0.717, 1.165) is 11.1 Å². The monoisotopic (exact) mass is 670 g/mol. The van der Waals surface area contributed by atoms with Crippen LogP contribution >= 0.6 is 0 Å². The highest BCUT2D eigenvalue weighted by molar-refractivity contribution is 5.99. The highest BCUT2D eigenvalue weighted by Gasteiger charge is 2.38. The van der Waals surface area contributed by atoms with E-state index < -0.39 is 66.0 Å². The van der Waals surface area contributed by atoms with Gasteiger partial charge in [0.2, 0.25) is 17.7 Å². The van der Waals surface area contributed by atoms with Crippen molar-refractivity contribution in [1.82, 2.24) is 20.9 Å². The van der Waals surface area contributed by atoms with Crippen LogP contribution in [0.25, 0.3) is 0 Å². The quantitative estimate of drug-likeness (QED) is 0.195. The van der Waals surface area contributed by atoms with E-state index in [1.165, 1.54) is 17.0 Å². The molecule has 1 saturated heterocycles. The van der Waals surface area contributed by atoms with Gasteiger partial charge in [-0.05, 0) is 56.9 Å². The Balaban J connectivity index is 1.48. The lowest BCUT2D eigenvalue weighted by Gasteiger charge is -2.29. The minimum Gasteiger partial charge on any atom is -0.444 e. The third-order valence-corrected chi connectivity index (χ3v) is 7.64. The molecule has 4 rings (SSSR count). The Kier molecular flexibility index (Phi) is 12.6. The van der Waals surface area contributed by atoms with Gasteiger partial charge in [0.25, 0.3) is 0 Å². The van der Waals surface area contributed by atoms with Crippen LogP contribution in [0.2, 0.25) is 0 Å². The maximum Gasteiger partial charge on any atom is 0.410 e. The molecular weight excluding hydrogens is 628 g/mol. The second-order valence-electron chi connectivity index (χ2n) is 12.7. The fourth-order valence-electron chi connectivity index (χ4n) is 5.29. The van der Waals surface area contributed by atoms with Gasteiger partial charge in [-0.25, -0.2) is 14.4 Å². The summed E-state index contributed by atoms with van der Waals surface area (Å²) in [6.07, 6.45) is 0.540. The smallest absolute Gasteiger partial charge is 0.410 e. The van der Waals surface area contributed by atoms with Crippen LogP contribution in [0.15, 0.2) is 91.0 Å². The summed E-state index contributed by atoms with van der Waals surface area (Å²) in [6.45, 7) is 4.94. The number of hydrogen-bond acceptors (Lipinski definition) is 8. The van der Waals surface area contributed by atoms with Gasteiger partial charge >= 0.3 is 18.0 Å². The third kappa shape index (κ3) is 11.3. The number of carbonyl (C=O) groups is 6. The molecule has 3 aromatic carbocycles. The molecule has 49 heavy (non-hydrogen) atoms. The molecule has 12 heteroatoms. The standard InChI is InChI=1S/C37H42N4O8/c1-37(2,3)49-36(47)41-21-13-20-30(41)34(45)40-29(23-26-16-9-5-10-17-26)33(44)39-28(22-25-14-7-4-8-15-25)32(43)38-24-31(42)48-35(46)27-18-11-6-12-19-27/h4-12,14-19,28-30H,13,20-24H2,1-3H3,(H,38,43)(H,39,44)(H,40,45)/t28-,29-,30-/m0/s1. The number of benzene rings is 3. The van der Waals surface area contributed by atoms with Gasteiger partial charge < -0.3 is 25.4 Å². The van der Waals surface area contributed by atoms with Crippen molar-refractivity contribution < 1.29 is 38.2 Å². The van der Waals surface area contributed by atoms with Crippen molar-refractivity contribution in [2.45, 2.75) is 70.2 Å². The largest absolute Gasteiger partial charge is 0.444 e. The highest BCUT2D eigenvalue weighted by atomic mass is 16.6. The van der Waals surface area contributed by atoms with Gasteiger partial charge in [0.1, 0.15) is 30.3 Å². The predicted octanol–water partition coefficient (Wildman–Crippen LogP) is 3.34. The Labute approximate surface area is 285 Å². The first-order valence-corrected chi connectivity index (χ1v) is 16.2. The normalized spacial score (nSPS) is 15.3. The maximum absolute atomic E-state index is 13.9. The van der Waals surface area contributed by atoms with Crippen LogP contribution in [0, 0.1) is 0 Å². The Morgan fingerprint density at radius 3 is 1.84 bits per heavy atom. The number of rotatable bonds is 12. The number of likely N-dealkylation sites (tertiary alicyclic amines) is 1. The molecule has 3 atom stereocenters. The first-order valence-electron chi connectivity index (χ1n) is 16.2. The average molecular weight is 671 g/mol. The zero-order valence-corrected chi connectivity index (χ0v) is 27.8. The topological polar surface area (TPSA) is 160 Å². The van der Waals surface area contributed by atoms with Crippen molar-refractivity contribution >= 4 is 35.8 Å². The summed E-state index contributed by atoms with van der Waals surface area (Å²) in [5, 5.41) is 8.00. The first-order chi connectivity index (χ1) is 23.4. The first kappa shape index (κ1) is 36.3. The van der Waals surface area contributed by atoms with Gasteiger partial charge in [0.05, 0.1) is 5.56 Å². The van der Waals surface area contributed by atoms with Crippen LogP contribution in [0.5, 0.6) is 0 Å². The van der Waals surface area contributed by atoms with Gasteiger partial charge in [-0.1, -0.05) is 78.9 Å². The van der Waals surface area contributed by atoms with E-state index in [9.17, 15) is 28.8 Å². The van der Waals surface area contributed by atoms with Crippen molar-refractivity contribution in [2.75, 3.05) is 13.1 Å². The van der Waals surface area contributed by atoms with Crippen LogP contribution in [0.3, 0.4) is 0 Å². The van der Waals surface area contributed by atoms with E-state index in [0.29, 0.717) is 19.4 Å². The molecule has 1 heterocycles. The Morgan fingerprint density at radius 1 is 0.755 bits per heavy atom. The summed E-state index contributed by atoms with van der Waals surface area (Å²) >= 11 is 0. The zero-order valence-electron chi connectivity index (χ0n) is 27.8. The lowest BCUT2D eigenvalue weighted by atomic mass is 10.0. The van der Waals surface area contributed by atoms with Crippen LogP contribution in [0.4, 0.5) is 4.79 Å². The van der Waals surface area contributed by atoms with Gasteiger partial charge in [-0.3, -0.25) is 19.3 Å². The summed E-state index contributed by atoms with van der Waals surface area (Å²) in [7, 11) is 0. The van der Waals surface area contributed by atoms with Crippen LogP contribution in [-0.2, 0) is 41.5 Å². The molecule has 1 fully saturated rings. The lowest BCUT2D eigenvalue weighted by molar-refractivity contribution is -0.139. The zero-order chi connectivity index (χ0) is 35.4. The van der Waals surface area contributed by atoms with Crippen molar-refractivity contribution in [3.8, 4) is 0 Å². The molecule has 0 aromatic heterocycles. The molecule has 0 radical (unpaired) electrons. The van der Waals surface area contributed by atoms with Crippen molar-refractivity contribution in [1.29, 1.82) is 0 Å². The number of esters is 2. The van der Waals surface area contributed by atoms with E-state index >= 15 is 0 Å². The minimum atomic E-state index is -1.16. The highest BCUT2D eigenvalue weighted by Crippen LogP contribution is 2.21. The SMILES string of the molecule is CC(C)(C)OC(=O)N1CCC[C@H]1C(=O)N[C@@H](Cc1ccccc1)C(=O)N[C@@H](Cc1ccccc1)C(=O)NCC(=O)OC(=O)c1ccccc1. The number of ether oxygens (including phenoxy) is 2.